The molecule has 1 aromatic rings. The van der Waals surface area contributed by atoms with Crippen LogP contribution in [0.15, 0.2) is 12.1 Å². The van der Waals surface area contributed by atoms with Crippen molar-refractivity contribution in [1.82, 2.24) is 0 Å². The molecule has 1 unspecified atom stereocenters. The maximum absolute atomic E-state index is 12.0. The number of benzene rings is 1. The molecule has 1 aromatic carbocycles. The second-order valence-electron chi connectivity index (χ2n) is 4.75. The van der Waals surface area contributed by atoms with Crippen LogP contribution in [0.2, 0.25) is 0 Å². The van der Waals surface area contributed by atoms with Crippen molar-refractivity contribution in [2.45, 2.75) is 20.0 Å². The van der Waals surface area contributed by atoms with Crippen LogP contribution in [0, 0.1) is 0 Å². The molecular weight excluding hydrogens is 308 g/mol. The molecule has 2 N–H and O–H groups in total. The molecule has 0 amide bonds. The Kier molecular flexibility index (Phi) is 5.97. The van der Waals surface area contributed by atoms with Crippen molar-refractivity contribution in [1.29, 1.82) is 0 Å². The van der Waals surface area contributed by atoms with Gasteiger partial charge in [0.1, 0.15) is 6.61 Å². The van der Waals surface area contributed by atoms with Gasteiger partial charge in [-0.3, -0.25) is 4.79 Å². The predicted molar refractivity (Wildman–Crippen MR) is 77.1 cm³/mol. The Balaban J connectivity index is 3.37. The van der Waals surface area contributed by atoms with Gasteiger partial charge in [-0.2, -0.15) is 0 Å². The van der Waals surface area contributed by atoms with Crippen LogP contribution in [-0.4, -0.2) is 53.7 Å². The number of aromatic carboxylic acids is 2. The lowest BCUT2D eigenvalue weighted by molar-refractivity contribution is 0.0166. The summed E-state index contributed by atoms with van der Waals surface area (Å²) < 4.78 is 9.82. The fourth-order valence-electron chi connectivity index (χ4n) is 1.75. The van der Waals surface area contributed by atoms with Crippen LogP contribution in [-0.2, 0) is 9.47 Å². The Labute approximate surface area is 131 Å². The highest BCUT2D eigenvalue weighted by Crippen LogP contribution is 2.20. The van der Waals surface area contributed by atoms with Crippen molar-refractivity contribution in [2.75, 3.05) is 13.7 Å². The monoisotopic (exact) mass is 324 g/mol. The van der Waals surface area contributed by atoms with E-state index in [2.05, 4.69) is 0 Å². The van der Waals surface area contributed by atoms with E-state index in [0.717, 1.165) is 19.1 Å². The standard InChI is InChI=1S/C15H16O8/c1-7(22-3)6-23-15(21)12-4-9(8(2)16)10(13(17)18)5-11(12)14(19)20/h4-5,7H,6H2,1-3H3,(H,17,18)(H,19,20). The number of rotatable bonds is 7. The van der Waals surface area contributed by atoms with Crippen molar-refractivity contribution < 1.29 is 38.9 Å². The van der Waals surface area contributed by atoms with E-state index in [9.17, 15) is 19.2 Å². The molecule has 0 radical (unpaired) electrons. The van der Waals surface area contributed by atoms with Gasteiger partial charge in [0, 0.05) is 12.7 Å². The summed E-state index contributed by atoms with van der Waals surface area (Å²) in [5, 5.41) is 18.2. The largest absolute Gasteiger partial charge is 0.478 e. The number of carbonyl (C=O) groups excluding carboxylic acids is 2. The second kappa shape index (κ2) is 7.50. The molecule has 0 spiro atoms. The Morgan fingerprint density at radius 3 is 1.91 bits per heavy atom. The molecule has 0 saturated heterocycles. The third kappa shape index (κ3) is 4.36. The molecule has 8 heteroatoms. The van der Waals surface area contributed by atoms with Gasteiger partial charge in [-0.25, -0.2) is 14.4 Å². The molecule has 0 aliphatic rings. The summed E-state index contributed by atoms with van der Waals surface area (Å²) in [5.74, 6) is -4.57. The van der Waals surface area contributed by atoms with Gasteiger partial charge in [0.05, 0.1) is 22.8 Å². The number of carboxylic acids is 2. The van der Waals surface area contributed by atoms with Crippen LogP contribution in [0.25, 0.3) is 0 Å². The fourth-order valence-corrected chi connectivity index (χ4v) is 1.75. The molecule has 0 aliphatic carbocycles. The minimum Gasteiger partial charge on any atom is -0.478 e. The van der Waals surface area contributed by atoms with Crippen molar-refractivity contribution in [2.24, 2.45) is 0 Å². The number of esters is 1. The third-order valence-corrected chi connectivity index (χ3v) is 3.07. The van der Waals surface area contributed by atoms with Crippen LogP contribution in [0.5, 0.6) is 0 Å². The summed E-state index contributed by atoms with van der Waals surface area (Å²) in [6.45, 7) is 2.63. The molecule has 1 rings (SSSR count). The number of methoxy groups -OCH3 is 1. The van der Waals surface area contributed by atoms with E-state index in [4.69, 9.17) is 19.7 Å². The first kappa shape index (κ1) is 18.3. The van der Waals surface area contributed by atoms with Crippen molar-refractivity contribution >= 4 is 23.7 Å². The summed E-state index contributed by atoms with van der Waals surface area (Å²) in [6.07, 6.45) is -0.405. The summed E-state index contributed by atoms with van der Waals surface area (Å²) in [5.41, 5.74) is -1.70. The topological polar surface area (TPSA) is 127 Å². The minimum absolute atomic E-state index is 0.121. The maximum atomic E-state index is 12.0. The van der Waals surface area contributed by atoms with Crippen LogP contribution >= 0.6 is 0 Å². The van der Waals surface area contributed by atoms with Crippen molar-refractivity contribution in [3.63, 3.8) is 0 Å². The van der Waals surface area contributed by atoms with Gasteiger partial charge in [0.15, 0.2) is 5.78 Å². The van der Waals surface area contributed by atoms with Gasteiger partial charge in [-0.1, -0.05) is 0 Å². The van der Waals surface area contributed by atoms with Gasteiger partial charge >= 0.3 is 17.9 Å². The van der Waals surface area contributed by atoms with Gasteiger partial charge in [-0.05, 0) is 26.0 Å². The second-order valence-corrected chi connectivity index (χ2v) is 4.75. The molecule has 23 heavy (non-hydrogen) atoms. The zero-order chi connectivity index (χ0) is 17.7. The average molecular weight is 324 g/mol. The zero-order valence-corrected chi connectivity index (χ0v) is 12.8. The smallest absolute Gasteiger partial charge is 0.339 e. The Morgan fingerprint density at radius 2 is 1.48 bits per heavy atom. The quantitative estimate of drug-likeness (QED) is 0.570. The molecule has 0 aliphatic heterocycles. The number of carboxylic acid groups (broad SMARTS) is 2. The molecule has 0 aromatic heterocycles. The first-order valence-corrected chi connectivity index (χ1v) is 6.54. The van der Waals surface area contributed by atoms with Gasteiger partial charge in [0.2, 0.25) is 0 Å². The lowest BCUT2D eigenvalue weighted by Crippen LogP contribution is -2.21. The summed E-state index contributed by atoms with van der Waals surface area (Å²) >= 11 is 0. The number of ketones is 1. The van der Waals surface area contributed by atoms with Gasteiger partial charge in [-0.15, -0.1) is 0 Å². The summed E-state index contributed by atoms with van der Waals surface area (Å²) in [4.78, 5) is 46.0. The van der Waals surface area contributed by atoms with E-state index in [0.29, 0.717) is 0 Å². The molecule has 1 atom stereocenters. The molecule has 0 heterocycles. The third-order valence-electron chi connectivity index (χ3n) is 3.07. The van der Waals surface area contributed by atoms with E-state index < -0.39 is 46.5 Å². The average Bonchev–Trinajstić information content (AvgIpc) is 2.50. The number of hydrogen-bond donors (Lipinski definition) is 2. The summed E-state index contributed by atoms with van der Waals surface area (Å²) in [7, 11) is 1.41. The first-order valence-electron chi connectivity index (χ1n) is 6.54. The fraction of sp³-hybridized carbons (Fsp3) is 0.333. The van der Waals surface area contributed by atoms with Crippen LogP contribution in [0.1, 0.15) is 55.3 Å². The molecule has 0 fully saturated rings. The van der Waals surface area contributed by atoms with Crippen molar-refractivity contribution in [3.8, 4) is 0 Å². The highest BCUT2D eigenvalue weighted by atomic mass is 16.6. The molecule has 0 bridgehead atoms. The minimum atomic E-state index is -1.51. The number of ether oxygens (including phenoxy) is 2. The van der Waals surface area contributed by atoms with Crippen molar-refractivity contribution in [3.05, 3.63) is 34.4 Å². The SMILES string of the molecule is COC(C)COC(=O)c1cc(C(C)=O)c(C(=O)O)cc1C(=O)O. The van der Waals surface area contributed by atoms with E-state index >= 15 is 0 Å². The van der Waals surface area contributed by atoms with Crippen LogP contribution in [0.3, 0.4) is 0 Å². The number of Topliss-reactive ketones (excluding diaryl/α,β-unsaturated/α-hetero) is 1. The molecule has 0 saturated carbocycles. The Morgan fingerprint density at radius 1 is 1.00 bits per heavy atom. The van der Waals surface area contributed by atoms with E-state index in [1.807, 2.05) is 0 Å². The highest BCUT2D eigenvalue weighted by molar-refractivity contribution is 6.10. The summed E-state index contributed by atoms with van der Waals surface area (Å²) in [6, 6.07) is 1.70. The predicted octanol–water partition coefficient (Wildman–Crippen LogP) is 1.48. The number of carbonyl (C=O) groups is 4. The highest BCUT2D eigenvalue weighted by Gasteiger charge is 2.25. The van der Waals surface area contributed by atoms with Crippen LogP contribution < -0.4 is 0 Å². The van der Waals surface area contributed by atoms with E-state index in [1.54, 1.807) is 6.92 Å². The lowest BCUT2D eigenvalue weighted by atomic mass is 9.96. The molecule has 124 valence electrons. The lowest BCUT2D eigenvalue weighted by Gasteiger charge is -2.13. The van der Waals surface area contributed by atoms with Crippen LogP contribution in [0.4, 0.5) is 0 Å². The van der Waals surface area contributed by atoms with Gasteiger partial charge < -0.3 is 19.7 Å². The molecular formula is C15H16O8. The molecule has 8 nitrogen and oxygen atoms in total. The van der Waals surface area contributed by atoms with E-state index in [1.165, 1.54) is 7.11 Å². The zero-order valence-electron chi connectivity index (χ0n) is 12.8. The Hall–Kier alpha value is -2.74. The van der Waals surface area contributed by atoms with Gasteiger partial charge in [0.25, 0.3) is 0 Å². The first-order chi connectivity index (χ1) is 10.7. The normalized spacial score (nSPS) is 11.6. The maximum Gasteiger partial charge on any atom is 0.339 e. The Bertz CT molecular complexity index is 662. The number of hydrogen-bond acceptors (Lipinski definition) is 6. The van der Waals surface area contributed by atoms with E-state index in [-0.39, 0.29) is 12.2 Å².